The van der Waals surface area contributed by atoms with Crippen LogP contribution in [-0.2, 0) is 26.5 Å². The van der Waals surface area contributed by atoms with E-state index in [1.54, 1.807) is 0 Å². The summed E-state index contributed by atoms with van der Waals surface area (Å²) in [6.07, 6.45) is -12.7. The van der Waals surface area contributed by atoms with E-state index in [-0.39, 0.29) is 52.8 Å². The molecule has 0 spiro atoms. The number of Topliss-reactive ketones (excluding diaryl/α,β-unsaturated/α-hetero) is 1. The number of fused-ring (bicyclic) bond motifs is 3. The fourth-order valence-electron chi connectivity index (χ4n) is 4.45. The number of hydrogen-bond donors (Lipinski definition) is 1. The van der Waals surface area contributed by atoms with Crippen LogP contribution in [0.15, 0.2) is 12.1 Å². The van der Waals surface area contributed by atoms with E-state index in [4.69, 9.17) is 23.2 Å². The number of carbonyl (C=O) groups excluding carboxylic acids is 3. The maximum atomic E-state index is 14.5. The van der Waals surface area contributed by atoms with E-state index in [9.17, 15) is 40.7 Å². The Morgan fingerprint density at radius 1 is 1.09 bits per heavy atom. The Bertz CT molecular complexity index is 1220. The number of nitrogens with one attached hydrogen (secondary N) is 1. The second kappa shape index (κ2) is 8.54. The van der Waals surface area contributed by atoms with E-state index < -0.39 is 54.4 Å². The van der Waals surface area contributed by atoms with Gasteiger partial charge in [0.2, 0.25) is 11.8 Å². The van der Waals surface area contributed by atoms with Crippen molar-refractivity contribution in [1.29, 1.82) is 0 Å². The molecule has 1 aromatic carbocycles. The van der Waals surface area contributed by atoms with Gasteiger partial charge in [-0.05, 0) is 25.0 Å². The third-order valence-electron chi connectivity index (χ3n) is 6.11. The lowest BCUT2D eigenvalue weighted by Gasteiger charge is -2.36. The van der Waals surface area contributed by atoms with Gasteiger partial charge in [0.05, 0.1) is 27.5 Å². The molecule has 2 aliphatic rings. The Kier molecular flexibility index (Phi) is 6.23. The summed E-state index contributed by atoms with van der Waals surface area (Å²) in [6.45, 7) is -0.485. The molecule has 1 saturated heterocycles. The summed E-state index contributed by atoms with van der Waals surface area (Å²) in [5, 5.41) is 1.81. The van der Waals surface area contributed by atoms with Crippen LogP contribution in [0.4, 0.5) is 26.3 Å². The van der Waals surface area contributed by atoms with Gasteiger partial charge in [-0.25, -0.2) is 4.98 Å². The average molecular weight is 545 g/mol. The van der Waals surface area contributed by atoms with Gasteiger partial charge in [-0.15, -0.1) is 0 Å². The quantitative estimate of drug-likeness (QED) is 0.592. The predicted molar refractivity (Wildman–Crippen MR) is 111 cm³/mol. The fourth-order valence-corrected chi connectivity index (χ4v) is 4.76. The van der Waals surface area contributed by atoms with Crippen LogP contribution in [0.5, 0.6) is 0 Å². The maximum Gasteiger partial charge on any atom is 0.438 e. The lowest BCUT2D eigenvalue weighted by Crippen LogP contribution is -2.64. The summed E-state index contributed by atoms with van der Waals surface area (Å²) < 4.78 is 81.4. The Morgan fingerprint density at radius 3 is 2.26 bits per heavy atom. The number of nitrogens with zero attached hydrogens (tertiary/aromatic N) is 3. The van der Waals surface area contributed by atoms with Crippen molar-refractivity contribution in [3.05, 3.63) is 28.0 Å². The van der Waals surface area contributed by atoms with Gasteiger partial charge in [0, 0.05) is 19.0 Å². The Morgan fingerprint density at radius 2 is 1.69 bits per heavy atom. The molecular weight excluding hydrogens is 529 g/mol. The molecule has 190 valence electrons. The first-order valence-corrected chi connectivity index (χ1v) is 11.0. The lowest BCUT2D eigenvalue weighted by molar-refractivity contribution is -0.219. The van der Waals surface area contributed by atoms with E-state index in [0.29, 0.717) is 4.57 Å². The number of alkyl halides is 6. The molecule has 4 rings (SSSR count). The van der Waals surface area contributed by atoms with Gasteiger partial charge in [-0.2, -0.15) is 26.3 Å². The highest BCUT2D eigenvalue weighted by Gasteiger charge is 2.67. The first-order chi connectivity index (χ1) is 16.1. The molecule has 0 radical (unpaired) electrons. The molecule has 2 amide bonds. The first kappa shape index (κ1) is 25.5. The molecule has 1 fully saturated rings. The van der Waals surface area contributed by atoms with Crippen molar-refractivity contribution in [2.75, 3.05) is 13.1 Å². The molecule has 0 bridgehead atoms. The lowest BCUT2D eigenvalue weighted by atomic mass is 9.94. The molecule has 1 unspecified atom stereocenters. The third kappa shape index (κ3) is 4.44. The van der Waals surface area contributed by atoms with Gasteiger partial charge >= 0.3 is 12.4 Å². The third-order valence-corrected chi connectivity index (χ3v) is 6.83. The van der Waals surface area contributed by atoms with Crippen LogP contribution < -0.4 is 5.32 Å². The summed E-state index contributed by atoms with van der Waals surface area (Å²) in [5.41, 5.74) is -3.57. The van der Waals surface area contributed by atoms with Crippen molar-refractivity contribution in [3.63, 3.8) is 0 Å². The highest BCUT2D eigenvalue weighted by molar-refractivity contribution is 6.42. The molecule has 1 atom stereocenters. The minimum absolute atomic E-state index is 0.0377. The number of rotatable bonds is 3. The van der Waals surface area contributed by atoms with Crippen LogP contribution in [0.3, 0.4) is 0 Å². The van der Waals surface area contributed by atoms with Crippen LogP contribution in [0.1, 0.15) is 25.1 Å². The molecule has 15 heteroatoms. The van der Waals surface area contributed by atoms with Crippen LogP contribution in [0.2, 0.25) is 10.0 Å². The van der Waals surface area contributed by atoms with Gasteiger partial charge in [0.15, 0.2) is 5.78 Å². The summed E-state index contributed by atoms with van der Waals surface area (Å²) in [6, 6.07) is 2.36. The molecule has 3 heterocycles. The van der Waals surface area contributed by atoms with Crippen molar-refractivity contribution >= 4 is 51.8 Å². The molecular formula is C20H16Cl2F6N4O3. The van der Waals surface area contributed by atoms with E-state index in [2.05, 4.69) is 4.98 Å². The van der Waals surface area contributed by atoms with Crippen molar-refractivity contribution < 1.29 is 40.7 Å². The van der Waals surface area contributed by atoms with E-state index in [1.807, 2.05) is 5.32 Å². The van der Waals surface area contributed by atoms with Gasteiger partial charge in [-0.1, -0.05) is 23.2 Å². The predicted octanol–water partition coefficient (Wildman–Crippen LogP) is 3.99. The molecule has 35 heavy (non-hydrogen) atoms. The van der Waals surface area contributed by atoms with Crippen LogP contribution in [0.25, 0.3) is 11.0 Å². The minimum atomic E-state index is -5.27. The zero-order valence-electron chi connectivity index (χ0n) is 17.6. The standard InChI is InChI=1S/C20H16Cl2F6N4O3/c21-10-5-12-13(6-11(10)22)32-15(29-12)7-14(33)19(32,20(26,27)28)30-17(35)9-1-3-31(4-2-9)16(34)8-18(23,24)25/h5-6,9H,1-4,7-8H2,(H,30,35). The number of hydrogen-bond acceptors (Lipinski definition) is 4. The highest BCUT2D eigenvalue weighted by atomic mass is 35.5. The molecule has 2 aromatic rings. The van der Waals surface area contributed by atoms with Crippen LogP contribution in [-0.4, -0.2) is 57.5 Å². The van der Waals surface area contributed by atoms with Gasteiger partial charge in [0.1, 0.15) is 12.2 Å². The van der Waals surface area contributed by atoms with E-state index >= 15 is 0 Å². The zero-order valence-corrected chi connectivity index (χ0v) is 19.1. The molecule has 1 N–H and O–H groups in total. The first-order valence-electron chi connectivity index (χ1n) is 10.3. The molecule has 2 aliphatic heterocycles. The fraction of sp³-hybridized carbons (Fsp3) is 0.500. The Balaban J connectivity index is 1.61. The second-order valence-corrected chi connectivity index (χ2v) is 9.18. The Hall–Kier alpha value is -2.54. The number of piperidine rings is 1. The van der Waals surface area contributed by atoms with Crippen molar-refractivity contribution in [2.24, 2.45) is 5.92 Å². The topological polar surface area (TPSA) is 84.3 Å². The highest BCUT2D eigenvalue weighted by Crippen LogP contribution is 2.44. The molecule has 1 aromatic heterocycles. The number of imidazole rings is 1. The van der Waals surface area contributed by atoms with E-state index in [0.717, 1.165) is 11.0 Å². The number of ketones is 1. The molecule has 0 saturated carbocycles. The van der Waals surface area contributed by atoms with Crippen molar-refractivity contribution in [3.8, 4) is 0 Å². The number of benzene rings is 1. The summed E-state index contributed by atoms with van der Waals surface area (Å²) in [4.78, 5) is 42.4. The number of amides is 2. The minimum Gasteiger partial charge on any atom is -0.342 e. The molecule has 7 nitrogen and oxygen atoms in total. The SMILES string of the molecule is O=C(NC1(C(F)(F)F)C(=O)Cc2nc3cc(Cl)c(Cl)cc3n21)C1CCN(C(=O)CC(F)(F)F)CC1. The van der Waals surface area contributed by atoms with Crippen molar-refractivity contribution in [1.82, 2.24) is 19.8 Å². The van der Waals surface area contributed by atoms with Gasteiger partial charge in [-0.3, -0.25) is 19.0 Å². The number of likely N-dealkylation sites (tertiary alicyclic amines) is 1. The number of aromatic nitrogens is 2. The normalized spacial score (nSPS) is 21.5. The summed E-state index contributed by atoms with van der Waals surface area (Å²) >= 11 is 11.9. The number of carbonyl (C=O) groups is 3. The summed E-state index contributed by atoms with van der Waals surface area (Å²) in [5.74, 6) is -4.96. The second-order valence-electron chi connectivity index (χ2n) is 8.36. The largest absolute Gasteiger partial charge is 0.438 e. The maximum absolute atomic E-state index is 14.5. The summed E-state index contributed by atoms with van der Waals surface area (Å²) in [7, 11) is 0. The average Bonchev–Trinajstić information content (AvgIpc) is 3.20. The molecule has 0 aliphatic carbocycles. The van der Waals surface area contributed by atoms with Gasteiger partial charge < -0.3 is 10.2 Å². The Labute approximate surface area is 203 Å². The van der Waals surface area contributed by atoms with E-state index in [1.165, 1.54) is 6.07 Å². The van der Waals surface area contributed by atoms with Crippen molar-refractivity contribution in [2.45, 2.75) is 43.7 Å². The number of halogens is 8. The van der Waals surface area contributed by atoms with Crippen LogP contribution >= 0.6 is 23.2 Å². The monoisotopic (exact) mass is 544 g/mol. The van der Waals surface area contributed by atoms with Crippen LogP contribution in [0, 0.1) is 5.92 Å². The smallest absolute Gasteiger partial charge is 0.342 e. The zero-order chi connectivity index (χ0) is 25.9. The van der Waals surface area contributed by atoms with Gasteiger partial charge in [0.25, 0.3) is 5.66 Å².